The molecule has 0 bridgehead atoms. The molecule has 5 heteroatoms. The quantitative estimate of drug-likeness (QED) is 0.761. The first kappa shape index (κ1) is 14.8. The number of carbonyl (C=O) groups is 1. The minimum Gasteiger partial charge on any atom is -0.496 e. The highest BCUT2D eigenvalue weighted by atomic mass is 16.5. The Morgan fingerprint density at radius 3 is 2.65 bits per heavy atom. The highest BCUT2D eigenvalue weighted by molar-refractivity contribution is 5.92. The van der Waals surface area contributed by atoms with Crippen molar-refractivity contribution in [3.63, 3.8) is 0 Å². The van der Waals surface area contributed by atoms with E-state index in [0.717, 1.165) is 11.3 Å². The molecule has 0 saturated heterocycles. The predicted octanol–water partition coefficient (Wildman–Crippen LogP) is 2.94. The minimum atomic E-state index is -0.400. The Morgan fingerprint density at radius 2 is 1.96 bits per heavy atom. The largest absolute Gasteiger partial charge is 0.496 e. The average molecular weight is 307 g/mol. The van der Waals surface area contributed by atoms with Gasteiger partial charge in [-0.1, -0.05) is 24.3 Å². The first-order chi connectivity index (χ1) is 11.3. The Balaban J connectivity index is 1.99. The third-order valence-electron chi connectivity index (χ3n) is 3.55. The second-order valence-corrected chi connectivity index (χ2v) is 4.99. The molecule has 1 amide bonds. The van der Waals surface area contributed by atoms with Gasteiger partial charge in [-0.05, 0) is 30.3 Å². The van der Waals surface area contributed by atoms with E-state index in [-0.39, 0.29) is 5.91 Å². The standard InChI is InChI=1S/C18H17N3O2/c1-23-16-10-3-2-7-13(16)17(14-8-4-5-11-19-14)21-18(22)15-9-6-12-20-15/h2-12,17,20H,1H3,(H,21,22)/t17-/m0/s1. The normalized spacial score (nSPS) is 11.7. The van der Waals surface area contributed by atoms with Crippen LogP contribution in [0, 0.1) is 0 Å². The third-order valence-corrected chi connectivity index (χ3v) is 3.55. The molecule has 2 aromatic heterocycles. The predicted molar refractivity (Wildman–Crippen MR) is 87.3 cm³/mol. The van der Waals surface area contributed by atoms with Crippen LogP contribution in [0.3, 0.4) is 0 Å². The van der Waals surface area contributed by atoms with Crippen molar-refractivity contribution in [2.75, 3.05) is 7.11 Å². The zero-order valence-electron chi connectivity index (χ0n) is 12.7. The molecule has 3 rings (SSSR count). The summed E-state index contributed by atoms with van der Waals surface area (Å²) in [5, 5.41) is 3.01. The number of benzene rings is 1. The monoisotopic (exact) mass is 307 g/mol. The molecule has 5 nitrogen and oxygen atoms in total. The number of H-pyrrole nitrogens is 1. The summed E-state index contributed by atoms with van der Waals surface area (Å²) in [6, 6.07) is 16.3. The topological polar surface area (TPSA) is 67.0 Å². The van der Waals surface area contributed by atoms with E-state index in [1.807, 2.05) is 42.5 Å². The van der Waals surface area contributed by atoms with Crippen molar-refractivity contribution in [1.82, 2.24) is 15.3 Å². The highest BCUT2D eigenvalue weighted by Crippen LogP contribution is 2.29. The van der Waals surface area contributed by atoms with Gasteiger partial charge in [-0.25, -0.2) is 0 Å². The highest BCUT2D eigenvalue weighted by Gasteiger charge is 2.22. The van der Waals surface area contributed by atoms with Crippen molar-refractivity contribution in [1.29, 1.82) is 0 Å². The molecule has 3 aromatic rings. The van der Waals surface area contributed by atoms with Gasteiger partial charge in [-0.3, -0.25) is 9.78 Å². The number of nitrogens with one attached hydrogen (secondary N) is 2. The van der Waals surface area contributed by atoms with Crippen LogP contribution in [-0.4, -0.2) is 23.0 Å². The van der Waals surface area contributed by atoms with E-state index in [2.05, 4.69) is 15.3 Å². The Hall–Kier alpha value is -3.08. The van der Waals surface area contributed by atoms with Gasteiger partial charge in [0, 0.05) is 18.0 Å². The fourth-order valence-corrected chi connectivity index (χ4v) is 2.44. The van der Waals surface area contributed by atoms with Crippen LogP contribution < -0.4 is 10.1 Å². The lowest BCUT2D eigenvalue weighted by Gasteiger charge is -2.20. The van der Waals surface area contributed by atoms with Gasteiger partial charge in [0.1, 0.15) is 17.5 Å². The Kier molecular flexibility index (Phi) is 4.38. The number of rotatable bonds is 5. The molecule has 0 saturated carbocycles. The first-order valence-electron chi connectivity index (χ1n) is 7.27. The lowest BCUT2D eigenvalue weighted by molar-refractivity contribution is 0.0937. The number of hydrogen-bond donors (Lipinski definition) is 2. The molecule has 116 valence electrons. The van der Waals surface area contributed by atoms with E-state index < -0.39 is 6.04 Å². The Morgan fingerprint density at radius 1 is 1.13 bits per heavy atom. The smallest absolute Gasteiger partial charge is 0.268 e. The molecule has 2 heterocycles. The van der Waals surface area contributed by atoms with Crippen molar-refractivity contribution >= 4 is 5.91 Å². The molecule has 0 aliphatic heterocycles. The van der Waals surface area contributed by atoms with Crippen LogP contribution in [0.5, 0.6) is 5.75 Å². The third kappa shape index (κ3) is 3.23. The van der Waals surface area contributed by atoms with E-state index >= 15 is 0 Å². The fraction of sp³-hybridized carbons (Fsp3) is 0.111. The molecule has 1 atom stereocenters. The van der Waals surface area contributed by atoms with E-state index in [0.29, 0.717) is 11.4 Å². The van der Waals surface area contributed by atoms with Crippen LogP contribution in [-0.2, 0) is 0 Å². The van der Waals surface area contributed by atoms with Gasteiger partial charge in [0.2, 0.25) is 0 Å². The molecule has 0 radical (unpaired) electrons. The summed E-state index contributed by atoms with van der Waals surface area (Å²) in [6.07, 6.45) is 3.42. The van der Waals surface area contributed by atoms with E-state index in [4.69, 9.17) is 4.74 Å². The van der Waals surface area contributed by atoms with Crippen molar-refractivity contribution in [2.45, 2.75) is 6.04 Å². The van der Waals surface area contributed by atoms with E-state index in [1.54, 1.807) is 31.6 Å². The minimum absolute atomic E-state index is 0.198. The number of amides is 1. The van der Waals surface area contributed by atoms with Crippen molar-refractivity contribution in [3.05, 3.63) is 83.9 Å². The number of pyridine rings is 1. The van der Waals surface area contributed by atoms with E-state index in [1.165, 1.54) is 0 Å². The van der Waals surface area contributed by atoms with Crippen LogP contribution in [0.25, 0.3) is 0 Å². The Bertz CT molecular complexity index is 770. The maximum absolute atomic E-state index is 12.5. The molecule has 0 unspecified atom stereocenters. The maximum atomic E-state index is 12.5. The van der Waals surface area contributed by atoms with Crippen LogP contribution in [0.15, 0.2) is 67.0 Å². The molecule has 0 fully saturated rings. The van der Waals surface area contributed by atoms with Crippen LogP contribution >= 0.6 is 0 Å². The summed E-state index contributed by atoms with van der Waals surface area (Å²) in [6.45, 7) is 0. The number of carbonyl (C=O) groups excluding carboxylic acids is 1. The zero-order valence-corrected chi connectivity index (χ0v) is 12.7. The first-order valence-corrected chi connectivity index (χ1v) is 7.27. The van der Waals surface area contributed by atoms with Crippen molar-refractivity contribution < 1.29 is 9.53 Å². The number of ether oxygens (including phenoxy) is 1. The molecular formula is C18H17N3O2. The number of para-hydroxylation sites is 1. The summed E-state index contributed by atoms with van der Waals surface area (Å²) >= 11 is 0. The van der Waals surface area contributed by atoms with Gasteiger partial charge in [0.05, 0.1) is 12.8 Å². The lowest BCUT2D eigenvalue weighted by atomic mass is 10.0. The van der Waals surface area contributed by atoms with Gasteiger partial charge in [0.25, 0.3) is 5.91 Å². The van der Waals surface area contributed by atoms with Gasteiger partial charge < -0.3 is 15.0 Å². The molecule has 23 heavy (non-hydrogen) atoms. The molecule has 2 N–H and O–H groups in total. The molecule has 1 aromatic carbocycles. The maximum Gasteiger partial charge on any atom is 0.268 e. The molecule has 0 spiro atoms. The number of aromatic amines is 1. The second-order valence-electron chi connectivity index (χ2n) is 4.99. The van der Waals surface area contributed by atoms with Gasteiger partial charge in [-0.15, -0.1) is 0 Å². The summed E-state index contributed by atoms with van der Waals surface area (Å²) < 4.78 is 5.43. The lowest BCUT2D eigenvalue weighted by Crippen LogP contribution is -2.30. The number of hydrogen-bond acceptors (Lipinski definition) is 3. The van der Waals surface area contributed by atoms with Crippen LogP contribution in [0.2, 0.25) is 0 Å². The zero-order chi connectivity index (χ0) is 16.1. The SMILES string of the molecule is COc1ccccc1[C@H](NC(=O)c1ccc[nH]1)c1ccccn1. The molecule has 0 aliphatic rings. The summed E-state index contributed by atoms with van der Waals surface area (Å²) in [4.78, 5) is 19.7. The van der Waals surface area contributed by atoms with Crippen LogP contribution in [0.4, 0.5) is 0 Å². The number of nitrogens with zero attached hydrogens (tertiary/aromatic N) is 1. The molecular weight excluding hydrogens is 290 g/mol. The number of aromatic nitrogens is 2. The Labute approximate surface area is 134 Å². The average Bonchev–Trinajstić information content (AvgIpc) is 3.15. The summed E-state index contributed by atoms with van der Waals surface area (Å²) in [5.74, 6) is 0.506. The van der Waals surface area contributed by atoms with Crippen molar-refractivity contribution in [3.8, 4) is 5.75 Å². The second kappa shape index (κ2) is 6.79. The van der Waals surface area contributed by atoms with Crippen molar-refractivity contribution in [2.24, 2.45) is 0 Å². The number of methoxy groups -OCH3 is 1. The van der Waals surface area contributed by atoms with Crippen LogP contribution in [0.1, 0.15) is 27.8 Å². The molecule has 0 aliphatic carbocycles. The fourth-order valence-electron chi connectivity index (χ4n) is 2.44. The van der Waals surface area contributed by atoms with Gasteiger partial charge >= 0.3 is 0 Å². The van der Waals surface area contributed by atoms with Gasteiger partial charge in [-0.2, -0.15) is 0 Å². The summed E-state index contributed by atoms with van der Waals surface area (Å²) in [5.41, 5.74) is 2.10. The van der Waals surface area contributed by atoms with E-state index in [9.17, 15) is 4.79 Å². The van der Waals surface area contributed by atoms with Gasteiger partial charge in [0.15, 0.2) is 0 Å². The summed E-state index contributed by atoms with van der Waals surface area (Å²) in [7, 11) is 1.61.